The summed E-state index contributed by atoms with van der Waals surface area (Å²) in [5, 5.41) is 12.8. The van der Waals surface area contributed by atoms with E-state index < -0.39 is 18.0 Å². The van der Waals surface area contributed by atoms with Gasteiger partial charge in [0.2, 0.25) is 5.16 Å². The zero-order valence-electron chi connectivity index (χ0n) is 20.5. The second kappa shape index (κ2) is 14.1. The summed E-state index contributed by atoms with van der Waals surface area (Å²) in [5.74, 6) is 0.425. The Kier molecular flexibility index (Phi) is 12.1. The molecule has 10 nitrogen and oxygen atoms in total. The molecule has 0 N–H and O–H groups in total. The molecule has 194 valence electrons. The van der Waals surface area contributed by atoms with Crippen molar-refractivity contribution in [2.75, 3.05) is 26.4 Å². The topological polar surface area (TPSA) is 106 Å². The van der Waals surface area contributed by atoms with Crippen molar-refractivity contribution in [3.63, 3.8) is 0 Å². The highest BCUT2D eigenvalue weighted by Crippen LogP contribution is 2.63. The predicted molar refractivity (Wildman–Crippen MR) is 147 cm³/mol. The fraction of sp³-hybridized carbons (Fsp3) is 0.500. The van der Waals surface area contributed by atoms with E-state index in [-0.39, 0.29) is 10.9 Å². The van der Waals surface area contributed by atoms with Crippen molar-refractivity contribution in [1.29, 1.82) is 0 Å². The monoisotopic (exact) mass is 580 g/mol. The summed E-state index contributed by atoms with van der Waals surface area (Å²) in [6.07, 6.45) is 0. The van der Waals surface area contributed by atoms with Gasteiger partial charge in [-0.2, -0.15) is 9.78 Å². The fourth-order valence-electron chi connectivity index (χ4n) is 2.67. The Morgan fingerprint density at radius 3 is 2.14 bits per heavy atom. The SMILES string of the molecule is CCOP(=S)(OCC)Oc1ccccc1/C(C)=N/n1c(SP(=S)(OCC)OCC)nnc(C)c1=O. The summed E-state index contributed by atoms with van der Waals surface area (Å²) in [4.78, 5) is 13.0. The van der Waals surface area contributed by atoms with Gasteiger partial charge in [-0.25, -0.2) is 0 Å². The summed E-state index contributed by atoms with van der Waals surface area (Å²) in [5.41, 5.74) is -2.01. The normalized spacial score (nSPS) is 12.7. The number of aromatic nitrogens is 3. The number of hydrogen-bond acceptors (Lipinski definition) is 12. The second-order valence-corrected chi connectivity index (χ2v) is 15.6. The Morgan fingerprint density at radius 1 is 1.00 bits per heavy atom. The molecule has 35 heavy (non-hydrogen) atoms. The summed E-state index contributed by atoms with van der Waals surface area (Å²) in [7, 11) is 0. The molecule has 1 aromatic heterocycles. The van der Waals surface area contributed by atoms with Gasteiger partial charge in [-0.15, -0.1) is 10.2 Å². The van der Waals surface area contributed by atoms with E-state index in [0.717, 1.165) is 16.1 Å². The minimum atomic E-state index is -3.02. The van der Waals surface area contributed by atoms with Gasteiger partial charge < -0.3 is 13.6 Å². The maximum absolute atomic E-state index is 13.0. The molecule has 0 aliphatic carbocycles. The smallest absolute Gasteiger partial charge is 0.380 e. The van der Waals surface area contributed by atoms with E-state index in [4.69, 9.17) is 46.2 Å². The maximum Gasteiger partial charge on any atom is 0.380 e. The van der Waals surface area contributed by atoms with Crippen molar-refractivity contribution in [3.8, 4) is 5.75 Å². The van der Waals surface area contributed by atoms with Crippen molar-refractivity contribution in [2.24, 2.45) is 5.10 Å². The Bertz CT molecular complexity index is 1170. The number of benzene rings is 1. The van der Waals surface area contributed by atoms with Crippen LogP contribution in [-0.4, -0.2) is 47.0 Å². The lowest BCUT2D eigenvalue weighted by Gasteiger charge is -2.22. The Hall–Kier alpha value is -1.01. The molecule has 0 fully saturated rings. The van der Waals surface area contributed by atoms with Gasteiger partial charge in [0.05, 0.1) is 32.1 Å². The average molecular weight is 581 g/mol. The van der Waals surface area contributed by atoms with E-state index >= 15 is 0 Å². The first-order valence-corrected chi connectivity index (χ1v) is 17.5. The van der Waals surface area contributed by atoms with Crippen molar-refractivity contribution < 1.29 is 22.6 Å². The molecule has 1 aromatic carbocycles. The molecular formula is C20H30N4O6P2S3. The van der Waals surface area contributed by atoms with E-state index in [1.807, 2.05) is 33.8 Å². The van der Waals surface area contributed by atoms with Crippen molar-refractivity contribution >= 4 is 53.1 Å². The molecule has 2 rings (SSSR count). The predicted octanol–water partition coefficient (Wildman–Crippen LogP) is 5.28. The highest BCUT2D eigenvalue weighted by atomic mass is 32.9. The van der Waals surface area contributed by atoms with Crippen LogP contribution in [0.2, 0.25) is 0 Å². The quantitative estimate of drug-likeness (QED) is 0.215. The van der Waals surface area contributed by atoms with Gasteiger partial charge >= 0.3 is 6.72 Å². The van der Waals surface area contributed by atoms with Gasteiger partial charge in [0, 0.05) is 28.8 Å². The van der Waals surface area contributed by atoms with Crippen LogP contribution in [0.25, 0.3) is 0 Å². The number of aryl methyl sites for hydroxylation is 1. The van der Waals surface area contributed by atoms with Crippen molar-refractivity contribution in [1.82, 2.24) is 14.9 Å². The van der Waals surface area contributed by atoms with Gasteiger partial charge in [-0.1, -0.05) is 12.1 Å². The van der Waals surface area contributed by atoms with Crippen molar-refractivity contribution in [3.05, 3.63) is 45.9 Å². The van der Waals surface area contributed by atoms with Crippen LogP contribution in [-0.2, 0) is 41.7 Å². The van der Waals surface area contributed by atoms with Gasteiger partial charge in [0.1, 0.15) is 11.4 Å². The molecule has 0 spiro atoms. The van der Waals surface area contributed by atoms with Crippen LogP contribution in [0.4, 0.5) is 0 Å². The van der Waals surface area contributed by atoms with Crippen LogP contribution in [0.5, 0.6) is 5.75 Å². The molecule has 0 aliphatic heterocycles. The largest absolute Gasteiger partial charge is 0.423 e. The molecule has 1 heterocycles. The lowest BCUT2D eigenvalue weighted by molar-refractivity contribution is 0.218. The summed E-state index contributed by atoms with van der Waals surface area (Å²) in [6.45, 7) is 8.95. The van der Waals surface area contributed by atoms with Crippen LogP contribution in [0.3, 0.4) is 0 Å². The third kappa shape index (κ3) is 8.52. The first-order valence-electron chi connectivity index (χ1n) is 10.9. The third-order valence-corrected chi connectivity index (χ3v) is 11.4. The van der Waals surface area contributed by atoms with Crippen LogP contribution in [0, 0.1) is 6.92 Å². The summed E-state index contributed by atoms with van der Waals surface area (Å²) < 4.78 is 29.8. The van der Waals surface area contributed by atoms with Crippen LogP contribution >= 0.6 is 23.8 Å². The summed E-state index contributed by atoms with van der Waals surface area (Å²) in [6, 6.07) is 7.17. The molecular weight excluding hydrogens is 550 g/mol. The van der Waals surface area contributed by atoms with E-state index in [1.54, 1.807) is 32.0 Å². The van der Waals surface area contributed by atoms with Gasteiger partial charge in [-0.05, 0) is 65.5 Å². The third-order valence-electron chi connectivity index (χ3n) is 4.05. The molecule has 0 bridgehead atoms. The Morgan fingerprint density at radius 2 is 1.57 bits per heavy atom. The van der Waals surface area contributed by atoms with Crippen LogP contribution in [0.15, 0.2) is 39.3 Å². The van der Waals surface area contributed by atoms with E-state index in [1.165, 1.54) is 0 Å². The van der Waals surface area contributed by atoms with Crippen molar-refractivity contribution in [2.45, 2.75) is 46.7 Å². The molecule has 0 saturated heterocycles. The molecule has 0 atom stereocenters. The van der Waals surface area contributed by atoms with Gasteiger partial charge in [0.15, 0.2) is 0 Å². The zero-order chi connectivity index (χ0) is 26.1. The summed E-state index contributed by atoms with van der Waals surface area (Å²) >= 11 is 12.2. The first kappa shape index (κ1) is 30.2. The van der Waals surface area contributed by atoms with E-state index in [9.17, 15) is 4.79 Å². The molecule has 0 saturated carbocycles. The average Bonchev–Trinajstić information content (AvgIpc) is 2.79. The maximum atomic E-state index is 13.0. The highest BCUT2D eigenvalue weighted by Gasteiger charge is 2.26. The van der Waals surface area contributed by atoms with Crippen LogP contribution in [0.1, 0.15) is 45.9 Å². The number of para-hydroxylation sites is 1. The Labute approximate surface area is 219 Å². The molecule has 0 aliphatic rings. The second-order valence-electron chi connectivity index (χ2n) is 6.61. The minimum absolute atomic E-state index is 0.164. The molecule has 2 aromatic rings. The lowest BCUT2D eigenvalue weighted by Crippen LogP contribution is -2.24. The number of rotatable bonds is 14. The molecule has 0 radical (unpaired) electrons. The molecule has 0 amide bonds. The van der Waals surface area contributed by atoms with E-state index in [2.05, 4.69) is 15.3 Å². The van der Waals surface area contributed by atoms with Gasteiger partial charge in [-0.3, -0.25) is 13.8 Å². The molecule has 0 unspecified atom stereocenters. The number of hydrogen-bond donors (Lipinski definition) is 0. The fourth-order valence-corrected chi connectivity index (χ4v) is 9.17. The highest BCUT2D eigenvalue weighted by molar-refractivity contribution is 8.67. The first-order chi connectivity index (χ1) is 16.6. The Balaban J connectivity index is 2.56. The minimum Gasteiger partial charge on any atom is -0.423 e. The van der Waals surface area contributed by atoms with E-state index in [0.29, 0.717) is 43.5 Å². The van der Waals surface area contributed by atoms with Crippen LogP contribution < -0.4 is 10.1 Å². The lowest BCUT2D eigenvalue weighted by atomic mass is 10.1. The van der Waals surface area contributed by atoms with Gasteiger partial charge in [0.25, 0.3) is 11.3 Å². The standard InChI is InChI=1S/C20H30N4O6P2S3/c1-7-26-31(33,27-8-2)30-18-14-12-11-13-17(18)15(5)23-24-19(25)16(6)21-22-20(24)35-32(34,28-9-3)29-10-4/h11-14H,7-10H2,1-6H3/b23-15+. The zero-order valence-corrected chi connectivity index (χ0v) is 24.7. The molecule has 15 heteroatoms. The number of nitrogens with zero attached hydrogens (tertiary/aromatic N) is 4.